The van der Waals surface area contributed by atoms with Crippen molar-refractivity contribution in [1.29, 1.82) is 0 Å². The maximum atomic E-state index is 12.9. The largest absolute Gasteiger partial charge is 0.356 e. The summed E-state index contributed by atoms with van der Waals surface area (Å²) in [5, 5.41) is 2.83. The highest BCUT2D eigenvalue weighted by Crippen LogP contribution is 2.15. The molecule has 0 bridgehead atoms. The number of hydrogen-bond acceptors (Lipinski definition) is 2. The first-order chi connectivity index (χ1) is 9.90. The molecule has 2 amide bonds. The van der Waals surface area contributed by atoms with Crippen molar-refractivity contribution in [3.63, 3.8) is 0 Å². The molecule has 0 unspecified atom stereocenters. The molecule has 0 aromatic heterocycles. The van der Waals surface area contributed by atoms with E-state index >= 15 is 0 Å². The van der Waals surface area contributed by atoms with E-state index in [2.05, 4.69) is 19.2 Å². The number of amides is 2. The second kappa shape index (κ2) is 8.39. The molecule has 1 rings (SSSR count). The highest BCUT2D eigenvalue weighted by atomic mass is 19.1. The quantitative estimate of drug-likeness (QED) is 0.840. The molecule has 0 aliphatic rings. The average molecular weight is 294 g/mol. The van der Waals surface area contributed by atoms with Crippen LogP contribution in [0.1, 0.15) is 33.6 Å². The van der Waals surface area contributed by atoms with Crippen LogP contribution in [0.25, 0.3) is 0 Å². The van der Waals surface area contributed by atoms with Gasteiger partial charge in [0.25, 0.3) is 0 Å². The molecular weight excluding hydrogens is 271 g/mol. The number of halogens is 1. The van der Waals surface area contributed by atoms with E-state index in [1.807, 2.05) is 0 Å². The molecule has 5 heteroatoms. The van der Waals surface area contributed by atoms with E-state index in [0.717, 1.165) is 6.42 Å². The zero-order valence-corrected chi connectivity index (χ0v) is 12.9. The van der Waals surface area contributed by atoms with Crippen molar-refractivity contribution in [1.82, 2.24) is 5.32 Å². The van der Waals surface area contributed by atoms with Crippen LogP contribution in [-0.2, 0) is 9.59 Å². The highest BCUT2D eigenvalue weighted by molar-refractivity contribution is 5.92. The van der Waals surface area contributed by atoms with Crippen LogP contribution >= 0.6 is 0 Å². The van der Waals surface area contributed by atoms with Gasteiger partial charge in [0.15, 0.2) is 0 Å². The molecule has 0 heterocycles. The molecule has 1 N–H and O–H groups in total. The minimum absolute atomic E-state index is 0.0796. The van der Waals surface area contributed by atoms with Crippen molar-refractivity contribution < 1.29 is 14.0 Å². The molecule has 0 aliphatic heterocycles. The van der Waals surface area contributed by atoms with E-state index in [4.69, 9.17) is 0 Å². The number of carbonyl (C=O) groups is 2. The fourth-order valence-electron chi connectivity index (χ4n) is 1.89. The molecule has 116 valence electrons. The summed E-state index contributed by atoms with van der Waals surface area (Å²) >= 11 is 0. The fourth-order valence-corrected chi connectivity index (χ4v) is 1.89. The Bertz CT molecular complexity index is 472. The van der Waals surface area contributed by atoms with Crippen molar-refractivity contribution >= 4 is 17.5 Å². The van der Waals surface area contributed by atoms with Crippen molar-refractivity contribution in [2.75, 3.05) is 18.0 Å². The first-order valence-corrected chi connectivity index (χ1v) is 7.20. The third kappa shape index (κ3) is 6.38. The van der Waals surface area contributed by atoms with Gasteiger partial charge in [-0.1, -0.05) is 13.8 Å². The lowest BCUT2D eigenvalue weighted by atomic mass is 10.1. The Morgan fingerprint density at radius 2 is 1.86 bits per heavy atom. The van der Waals surface area contributed by atoms with E-state index < -0.39 is 0 Å². The van der Waals surface area contributed by atoms with E-state index in [1.54, 1.807) is 0 Å². The van der Waals surface area contributed by atoms with E-state index in [1.165, 1.54) is 36.1 Å². The maximum Gasteiger partial charge on any atom is 0.223 e. The van der Waals surface area contributed by atoms with Gasteiger partial charge in [0.05, 0.1) is 0 Å². The van der Waals surface area contributed by atoms with Crippen molar-refractivity contribution in [3.05, 3.63) is 30.1 Å². The van der Waals surface area contributed by atoms with Gasteiger partial charge in [-0.25, -0.2) is 4.39 Å². The zero-order valence-electron chi connectivity index (χ0n) is 12.9. The summed E-state index contributed by atoms with van der Waals surface area (Å²) in [6.45, 7) is 6.55. The van der Waals surface area contributed by atoms with Crippen LogP contribution in [0, 0.1) is 11.7 Å². The smallest absolute Gasteiger partial charge is 0.223 e. The van der Waals surface area contributed by atoms with Crippen LogP contribution in [-0.4, -0.2) is 24.9 Å². The number of benzene rings is 1. The van der Waals surface area contributed by atoms with Gasteiger partial charge < -0.3 is 10.2 Å². The van der Waals surface area contributed by atoms with Crippen molar-refractivity contribution in [2.45, 2.75) is 33.6 Å². The molecule has 0 spiro atoms. The van der Waals surface area contributed by atoms with Gasteiger partial charge in [-0.15, -0.1) is 0 Å². The molecule has 21 heavy (non-hydrogen) atoms. The Labute approximate surface area is 125 Å². The standard InChI is InChI=1S/C16H23FN2O2/c1-12(2)8-10-18-16(21)9-11-19(13(3)20)15-6-4-14(17)5-7-15/h4-7,12H,8-11H2,1-3H3,(H,18,21). The van der Waals surface area contributed by atoms with Gasteiger partial charge in [-0.3, -0.25) is 9.59 Å². The van der Waals surface area contributed by atoms with Crippen LogP contribution in [0.4, 0.5) is 10.1 Å². The van der Waals surface area contributed by atoms with E-state index in [-0.39, 0.29) is 30.6 Å². The summed E-state index contributed by atoms with van der Waals surface area (Å²) in [5.41, 5.74) is 0.596. The normalized spacial score (nSPS) is 10.5. The lowest BCUT2D eigenvalue weighted by Gasteiger charge is -2.21. The molecule has 0 radical (unpaired) electrons. The van der Waals surface area contributed by atoms with Crippen LogP contribution in [0.5, 0.6) is 0 Å². The molecular formula is C16H23FN2O2. The SMILES string of the molecule is CC(=O)N(CCC(=O)NCCC(C)C)c1ccc(F)cc1. The van der Waals surface area contributed by atoms with Gasteiger partial charge in [0, 0.05) is 32.1 Å². The Hall–Kier alpha value is -1.91. The van der Waals surface area contributed by atoms with Gasteiger partial charge in [0.2, 0.25) is 11.8 Å². The van der Waals surface area contributed by atoms with E-state index in [0.29, 0.717) is 18.2 Å². The number of carbonyl (C=O) groups excluding carboxylic acids is 2. The predicted molar refractivity (Wildman–Crippen MR) is 81.5 cm³/mol. The summed E-state index contributed by atoms with van der Waals surface area (Å²) in [5.74, 6) is -0.0625. The molecule has 0 saturated heterocycles. The fraction of sp³-hybridized carbons (Fsp3) is 0.500. The number of nitrogens with one attached hydrogen (secondary N) is 1. The van der Waals surface area contributed by atoms with Crippen LogP contribution in [0.3, 0.4) is 0 Å². The second-order valence-corrected chi connectivity index (χ2v) is 5.43. The second-order valence-electron chi connectivity index (χ2n) is 5.43. The molecule has 0 aliphatic carbocycles. The third-order valence-electron chi connectivity index (χ3n) is 3.12. The minimum atomic E-state index is -0.353. The Morgan fingerprint density at radius 3 is 2.38 bits per heavy atom. The van der Waals surface area contributed by atoms with Crippen LogP contribution < -0.4 is 10.2 Å². The Balaban J connectivity index is 2.50. The first kappa shape index (κ1) is 17.1. The molecule has 4 nitrogen and oxygen atoms in total. The Morgan fingerprint density at radius 1 is 1.24 bits per heavy atom. The third-order valence-corrected chi connectivity index (χ3v) is 3.12. The molecule has 0 fully saturated rings. The first-order valence-electron chi connectivity index (χ1n) is 7.20. The summed E-state index contributed by atoms with van der Waals surface area (Å²) in [7, 11) is 0. The van der Waals surface area contributed by atoms with Crippen molar-refractivity contribution in [3.8, 4) is 0 Å². The van der Waals surface area contributed by atoms with Crippen LogP contribution in [0.2, 0.25) is 0 Å². The van der Waals surface area contributed by atoms with Gasteiger partial charge in [-0.2, -0.15) is 0 Å². The minimum Gasteiger partial charge on any atom is -0.356 e. The number of hydrogen-bond donors (Lipinski definition) is 1. The van der Waals surface area contributed by atoms with E-state index in [9.17, 15) is 14.0 Å². The Kier molecular flexibility index (Phi) is 6.85. The molecule has 0 atom stereocenters. The average Bonchev–Trinajstić information content (AvgIpc) is 2.40. The van der Waals surface area contributed by atoms with Gasteiger partial charge >= 0.3 is 0 Å². The number of rotatable bonds is 7. The lowest BCUT2D eigenvalue weighted by Crippen LogP contribution is -2.34. The highest BCUT2D eigenvalue weighted by Gasteiger charge is 2.13. The number of anilines is 1. The number of nitrogens with zero attached hydrogens (tertiary/aromatic N) is 1. The van der Waals surface area contributed by atoms with Crippen LogP contribution in [0.15, 0.2) is 24.3 Å². The molecule has 1 aromatic carbocycles. The topological polar surface area (TPSA) is 49.4 Å². The monoisotopic (exact) mass is 294 g/mol. The predicted octanol–water partition coefficient (Wildman–Crippen LogP) is 2.73. The van der Waals surface area contributed by atoms with Crippen molar-refractivity contribution in [2.24, 2.45) is 5.92 Å². The summed E-state index contributed by atoms with van der Waals surface area (Å²) in [4.78, 5) is 24.8. The molecule has 1 aromatic rings. The summed E-state index contributed by atoms with van der Waals surface area (Å²) < 4.78 is 12.9. The van der Waals surface area contributed by atoms with Gasteiger partial charge in [0.1, 0.15) is 5.82 Å². The van der Waals surface area contributed by atoms with Gasteiger partial charge in [-0.05, 0) is 36.6 Å². The molecule has 0 saturated carbocycles. The summed E-state index contributed by atoms with van der Waals surface area (Å²) in [6.07, 6.45) is 1.16. The lowest BCUT2D eigenvalue weighted by molar-refractivity contribution is -0.121. The summed E-state index contributed by atoms with van der Waals surface area (Å²) in [6, 6.07) is 5.67. The zero-order chi connectivity index (χ0) is 15.8. The maximum absolute atomic E-state index is 12.9.